The second-order valence-electron chi connectivity index (χ2n) is 5.71. The molecular weight excluding hydrogens is 362 g/mol. The molecule has 2 aromatic carbocycles. The number of nitriles is 1. The van der Waals surface area contributed by atoms with Crippen molar-refractivity contribution in [1.29, 1.82) is 5.26 Å². The van der Waals surface area contributed by atoms with Gasteiger partial charge in [0.15, 0.2) is 0 Å². The van der Waals surface area contributed by atoms with E-state index in [1.807, 2.05) is 36.4 Å². The standard InChI is InChI=1S/C20H16BrN3/c1-12-7-8-14(9-13(12)2)19-10-16(17(11-22)20(23)24-19)15-5-3-4-6-18(15)21/h3-10H,1-2H3,(H2,23,24). The number of pyridine rings is 1. The van der Waals surface area contributed by atoms with Crippen molar-refractivity contribution in [2.24, 2.45) is 0 Å². The van der Waals surface area contributed by atoms with E-state index in [0.29, 0.717) is 5.56 Å². The summed E-state index contributed by atoms with van der Waals surface area (Å²) >= 11 is 3.55. The summed E-state index contributed by atoms with van der Waals surface area (Å²) in [7, 11) is 0. The molecule has 3 aromatic rings. The summed E-state index contributed by atoms with van der Waals surface area (Å²) in [6.45, 7) is 4.15. The van der Waals surface area contributed by atoms with E-state index in [1.54, 1.807) is 0 Å². The molecule has 0 unspecified atom stereocenters. The second kappa shape index (κ2) is 6.46. The van der Waals surface area contributed by atoms with Gasteiger partial charge in [0.05, 0.1) is 5.69 Å². The number of nitrogens with zero attached hydrogens (tertiary/aromatic N) is 2. The van der Waals surface area contributed by atoms with E-state index in [0.717, 1.165) is 26.9 Å². The molecule has 0 bridgehead atoms. The van der Waals surface area contributed by atoms with Crippen molar-refractivity contribution < 1.29 is 0 Å². The Hall–Kier alpha value is -2.64. The largest absolute Gasteiger partial charge is 0.383 e. The van der Waals surface area contributed by atoms with Gasteiger partial charge in [-0.3, -0.25) is 0 Å². The molecule has 2 N–H and O–H groups in total. The third kappa shape index (κ3) is 2.91. The van der Waals surface area contributed by atoms with Gasteiger partial charge in [-0.2, -0.15) is 5.26 Å². The first-order valence-corrected chi connectivity index (χ1v) is 8.33. The Morgan fingerprint density at radius 1 is 1.00 bits per heavy atom. The van der Waals surface area contributed by atoms with Crippen LogP contribution in [-0.2, 0) is 0 Å². The molecule has 1 heterocycles. The van der Waals surface area contributed by atoms with Crippen LogP contribution in [0.1, 0.15) is 16.7 Å². The molecule has 3 rings (SSSR count). The van der Waals surface area contributed by atoms with E-state index in [1.165, 1.54) is 11.1 Å². The SMILES string of the molecule is Cc1ccc(-c2cc(-c3ccccc3Br)c(C#N)c(N)n2)cc1C. The lowest BCUT2D eigenvalue weighted by Crippen LogP contribution is -2.00. The quantitative estimate of drug-likeness (QED) is 0.663. The number of nitrogen functional groups attached to an aromatic ring is 1. The number of anilines is 1. The zero-order chi connectivity index (χ0) is 17.3. The predicted molar refractivity (Wildman–Crippen MR) is 101 cm³/mol. The van der Waals surface area contributed by atoms with Gasteiger partial charge in [0.2, 0.25) is 0 Å². The highest BCUT2D eigenvalue weighted by Gasteiger charge is 2.15. The summed E-state index contributed by atoms with van der Waals surface area (Å²) < 4.78 is 0.915. The topological polar surface area (TPSA) is 62.7 Å². The van der Waals surface area contributed by atoms with Crippen LogP contribution in [0.5, 0.6) is 0 Å². The van der Waals surface area contributed by atoms with Crippen LogP contribution in [-0.4, -0.2) is 4.98 Å². The fourth-order valence-electron chi connectivity index (χ4n) is 2.62. The molecule has 0 saturated heterocycles. The van der Waals surface area contributed by atoms with Gasteiger partial charge < -0.3 is 5.73 Å². The fraction of sp³-hybridized carbons (Fsp3) is 0.100. The lowest BCUT2D eigenvalue weighted by atomic mass is 9.97. The van der Waals surface area contributed by atoms with Crippen molar-refractivity contribution in [3.05, 3.63) is 69.7 Å². The molecule has 0 atom stereocenters. The molecule has 1 aromatic heterocycles. The Labute approximate surface area is 149 Å². The first-order chi connectivity index (χ1) is 11.5. The van der Waals surface area contributed by atoms with E-state index in [9.17, 15) is 5.26 Å². The van der Waals surface area contributed by atoms with Gasteiger partial charge in [-0.05, 0) is 48.7 Å². The van der Waals surface area contributed by atoms with Gasteiger partial charge in [0.1, 0.15) is 17.5 Å². The molecule has 0 saturated carbocycles. The van der Waals surface area contributed by atoms with Crippen LogP contribution in [0.4, 0.5) is 5.82 Å². The van der Waals surface area contributed by atoms with Gasteiger partial charge in [-0.1, -0.05) is 46.3 Å². The number of halogens is 1. The molecule has 24 heavy (non-hydrogen) atoms. The zero-order valence-electron chi connectivity index (χ0n) is 13.5. The Kier molecular flexibility index (Phi) is 4.37. The van der Waals surface area contributed by atoms with E-state index in [2.05, 4.69) is 53.0 Å². The smallest absolute Gasteiger partial charge is 0.142 e. The van der Waals surface area contributed by atoms with Crippen LogP contribution in [0.3, 0.4) is 0 Å². The number of nitrogens with two attached hydrogens (primary N) is 1. The molecule has 3 nitrogen and oxygen atoms in total. The van der Waals surface area contributed by atoms with Gasteiger partial charge >= 0.3 is 0 Å². The van der Waals surface area contributed by atoms with Crippen molar-refractivity contribution in [2.75, 3.05) is 5.73 Å². The lowest BCUT2D eigenvalue weighted by Gasteiger charge is -2.12. The fourth-order valence-corrected chi connectivity index (χ4v) is 3.12. The maximum atomic E-state index is 9.51. The summed E-state index contributed by atoms with van der Waals surface area (Å²) in [6.07, 6.45) is 0. The number of benzene rings is 2. The van der Waals surface area contributed by atoms with Crippen LogP contribution in [0.15, 0.2) is 53.0 Å². The number of hydrogen-bond acceptors (Lipinski definition) is 3. The number of aromatic nitrogens is 1. The number of aryl methyl sites for hydroxylation is 2. The number of hydrogen-bond donors (Lipinski definition) is 1. The van der Waals surface area contributed by atoms with E-state index in [4.69, 9.17) is 5.73 Å². The van der Waals surface area contributed by atoms with Crippen LogP contribution in [0.2, 0.25) is 0 Å². The molecule has 0 spiro atoms. The van der Waals surface area contributed by atoms with E-state index in [-0.39, 0.29) is 5.82 Å². The van der Waals surface area contributed by atoms with Crippen LogP contribution < -0.4 is 5.73 Å². The minimum atomic E-state index is 0.249. The van der Waals surface area contributed by atoms with Crippen LogP contribution in [0, 0.1) is 25.2 Å². The van der Waals surface area contributed by atoms with Crippen molar-refractivity contribution in [2.45, 2.75) is 13.8 Å². The summed E-state index contributed by atoms with van der Waals surface area (Å²) in [5, 5.41) is 9.51. The minimum Gasteiger partial charge on any atom is -0.383 e. The average Bonchev–Trinajstić information content (AvgIpc) is 2.57. The lowest BCUT2D eigenvalue weighted by molar-refractivity contribution is 1.29. The molecule has 4 heteroatoms. The predicted octanol–water partition coefficient (Wildman–Crippen LogP) is 5.25. The normalized spacial score (nSPS) is 10.4. The molecule has 0 amide bonds. The maximum Gasteiger partial charge on any atom is 0.142 e. The van der Waals surface area contributed by atoms with Crippen molar-refractivity contribution in [1.82, 2.24) is 4.98 Å². The third-order valence-corrected chi connectivity index (χ3v) is 4.82. The maximum absolute atomic E-state index is 9.51. The summed E-state index contributed by atoms with van der Waals surface area (Å²) in [5.74, 6) is 0.249. The highest BCUT2D eigenvalue weighted by Crippen LogP contribution is 2.35. The third-order valence-electron chi connectivity index (χ3n) is 4.13. The van der Waals surface area contributed by atoms with Gasteiger partial charge in [0, 0.05) is 15.6 Å². The Bertz CT molecular complexity index is 971. The molecular formula is C20H16BrN3. The molecule has 0 radical (unpaired) electrons. The first-order valence-electron chi connectivity index (χ1n) is 7.54. The van der Waals surface area contributed by atoms with E-state index < -0.39 is 0 Å². The Morgan fingerprint density at radius 3 is 2.42 bits per heavy atom. The van der Waals surface area contributed by atoms with Crippen LogP contribution >= 0.6 is 15.9 Å². The number of rotatable bonds is 2. The molecule has 0 aliphatic rings. The summed E-state index contributed by atoms with van der Waals surface area (Å²) in [5.41, 5.74) is 12.4. The van der Waals surface area contributed by atoms with Gasteiger partial charge in [-0.25, -0.2) is 4.98 Å². The van der Waals surface area contributed by atoms with Crippen molar-refractivity contribution in [3.8, 4) is 28.5 Å². The molecule has 0 aliphatic carbocycles. The summed E-state index contributed by atoms with van der Waals surface area (Å²) in [4.78, 5) is 4.44. The minimum absolute atomic E-state index is 0.249. The molecule has 118 valence electrons. The first kappa shape index (κ1) is 16.2. The zero-order valence-corrected chi connectivity index (χ0v) is 15.1. The van der Waals surface area contributed by atoms with Gasteiger partial charge in [-0.15, -0.1) is 0 Å². The Morgan fingerprint density at radius 2 is 1.75 bits per heavy atom. The van der Waals surface area contributed by atoms with E-state index >= 15 is 0 Å². The van der Waals surface area contributed by atoms with Gasteiger partial charge in [0.25, 0.3) is 0 Å². The van der Waals surface area contributed by atoms with Crippen molar-refractivity contribution >= 4 is 21.7 Å². The Balaban J connectivity index is 2.26. The molecule has 0 fully saturated rings. The monoisotopic (exact) mass is 377 g/mol. The van der Waals surface area contributed by atoms with Crippen LogP contribution in [0.25, 0.3) is 22.4 Å². The highest BCUT2D eigenvalue weighted by atomic mass is 79.9. The summed E-state index contributed by atoms with van der Waals surface area (Å²) in [6, 6.07) is 18.1. The highest BCUT2D eigenvalue weighted by molar-refractivity contribution is 9.10. The average molecular weight is 378 g/mol. The second-order valence-corrected chi connectivity index (χ2v) is 6.56. The van der Waals surface area contributed by atoms with Crippen molar-refractivity contribution in [3.63, 3.8) is 0 Å². The molecule has 0 aliphatic heterocycles.